The van der Waals surface area contributed by atoms with Crippen molar-refractivity contribution >= 4 is 28.2 Å². The molecule has 0 fully saturated rings. The minimum Gasteiger partial charge on any atom is -0.497 e. The molecule has 2 aromatic rings. The van der Waals surface area contributed by atoms with Gasteiger partial charge in [0.2, 0.25) is 0 Å². The number of halogens is 1. The van der Waals surface area contributed by atoms with Crippen LogP contribution in [0.15, 0.2) is 30.5 Å². The first-order valence-corrected chi connectivity index (χ1v) is 7.48. The molecule has 1 heterocycles. The summed E-state index contributed by atoms with van der Waals surface area (Å²) < 4.78 is 5.30. The standard InChI is InChI=1S/C16H21ClN2O/c1-4-16(5-2,11-17)19-15-14-10-13(20-3)7-6-12(14)8-9-18-15/h6-10H,4-5,11H2,1-3H3,(H,18,19). The number of rotatable bonds is 6. The van der Waals surface area contributed by atoms with Crippen molar-refractivity contribution in [3.8, 4) is 5.75 Å². The second kappa shape index (κ2) is 6.31. The Bertz CT molecular complexity index is 573. The summed E-state index contributed by atoms with van der Waals surface area (Å²) in [5.41, 5.74) is -0.119. The minimum absolute atomic E-state index is 0.119. The average Bonchev–Trinajstić information content (AvgIpc) is 2.52. The van der Waals surface area contributed by atoms with Crippen LogP contribution in [0, 0.1) is 0 Å². The van der Waals surface area contributed by atoms with Gasteiger partial charge < -0.3 is 10.1 Å². The van der Waals surface area contributed by atoms with E-state index in [1.807, 2.05) is 30.5 Å². The lowest BCUT2D eigenvalue weighted by atomic mass is 9.95. The third-order valence-corrected chi connectivity index (χ3v) is 4.48. The van der Waals surface area contributed by atoms with Crippen LogP contribution < -0.4 is 10.1 Å². The molecule has 0 bridgehead atoms. The number of pyridine rings is 1. The molecule has 0 unspecified atom stereocenters. The summed E-state index contributed by atoms with van der Waals surface area (Å²) in [4.78, 5) is 4.49. The van der Waals surface area contributed by atoms with Gasteiger partial charge in [-0.25, -0.2) is 4.98 Å². The van der Waals surface area contributed by atoms with Crippen LogP contribution in [0.25, 0.3) is 10.8 Å². The number of nitrogens with zero attached hydrogens (tertiary/aromatic N) is 1. The number of aromatic nitrogens is 1. The van der Waals surface area contributed by atoms with Gasteiger partial charge in [-0.05, 0) is 36.4 Å². The molecule has 0 radical (unpaired) electrons. The summed E-state index contributed by atoms with van der Waals surface area (Å²) in [6, 6.07) is 8.01. The monoisotopic (exact) mass is 292 g/mol. The van der Waals surface area contributed by atoms with E-state index in [4.69, 9.17) is 16.3 Å². The van der Waals surface area contributed by atoms with Gasteiger partial charge in [-0.15, -0.1) is 11.6 Å². The van der Waals surface area contributed by atoms with Crippen molar-refractivity contribution in [1.82, 2.24) is 4.98 Å². The van der Waals surface area contributed by atoms with Crippen LogP contribution in [0.4, 0.5) is 5.82 Å². The van der Waals surface area contributed by atoms with Crippen LogP contribution in [-0.4, -0.2) is 23.5 Å². The SMILES string of the molecule is CCC(CC)(CCl)Nc1nccc2ccc(OC)cc12. The highest BCUT2D eigenvalue weighted by molar-refractivity contribution is 6.18. The highest BCUT2D eigenvalue weighted by Gasteiger charge is 2.25. The maximum atomic E-state index is 6.17. The summed E-state index contributed by atoms with van der Waals surface area (Å²) in [6.07, 6.45) is 3.73. The molecular weight excluding hydrogens is 272 g/mol. The van der Waals surface area contributed by atoms with E-state index in [9.17, 15) is 0 Å². The third-order valence-electron chi connectivity index (χ3n) is 3.97. The lowest BCUT2D eigenvalue weighted by molar-refractivity contribution is 0.415. The summed E-state index contributed by atoms with van der Waals surface area (Å²) in [5.74, 6) is 2.26. The van der Waals surface area contributed by atoms with Crippen molar-refractivity contribution < 1.29 is 4.74 Å². The second-order valence-corrected chi connectivity index (χ2v) is 5.26. The fraction of sp³-hybridized carbons (Fsp3) is 0.438. The van der Waals surface area contributed by atoms with Gasteiger partial charge >= 0.3 is 0 Å². The van der Waals surface area contributed by atoms with Crippen molar-refractivity contribution in [2.24, 2.45) is 0 Å². The number of anilines is 1. The van der Waals surface area contributed by atoms with Gasteiger partial charge in [-0.1, -0.05) is 19.9 Å². The van der Waals surface area contributed by atoms with Crippen LogP contribution >= 0.6 is 11.6 Å². The number of benzene rings is 1. The van der Waals surface area contributed by atoms with E-state index in [-0.39, 0.29) is 5.54 Å². The highest BCUT2D eigenvalue weighted by atomic mass is 35.5. The molecule has 20 heavy (non-hydrogen) atoms. The Morgan fingerprint density at radius 1 is 1.25 bits per heavy atom. The van der Waals surface area contributed by atoms with Crippen LogP contribution in [-0.2, 0) is 0 Å². The maximum absolute atomic E-state index is 6.17. The lowest BCUT2D eigenvalue weighted by Gasteiger charge is -2.31. The number of hydrogen-bond donors (Lipinski definition) is 1. The number of nitrogens with one attached hydrogen (secondary N) is 1. The molecule has 0 amide bonds. The van der Waals surface area contributed by atoms with E-state index >= 15 is 0 Å². The third kappa shape index (κ3) is 2.83. The fourth-order valence-corrected chi connectivity index (χ4v) is 2.72. The van der Waals surface area contributed by atoms with Gasteiger partial charge in [0.05, 0.1) is 12.6 Å². The van der Waals surface area contributed by atoms with E-state index in [0.717, 1.165) is 35.2 Å². The van der Waals surface area contributed by atoms with Crippen LogP contribution in [0.5, 0.6) is 5.75 Å². The molecule has 0 aliphatic carbocycles. The molecule has 108 valence electrons. The van der Waals surface area contributed by atoms with E-state index in [0.29, 0.717) is 5.88 Å². The van der Waals surface area contributed by atoms with Gasteiger partial charge in [0, 0.05) is 17.5 Å². The molecule has 0 aliphatic rings. The molecule has 3 nitrogen and oxygen atoms in total. The first-order chi connectivity index (χ1) is 9.68. The fourth-order valence-electron chi connectivity index (χ4n) is 2.27. The lowest BCUT2D eigenvalue weighted by Crippen LogP contribution is -2.39. The Hall–Kier alpha value is -1.48. The first kappa shape index (κ1) is 14.9. The Labute approximate surface area is 125 Å². The van der Waals surface area contributed by atoms with Crippen LogP contribution in [0.2, 0.25) is 0 Å². The molecule has 0 spiro atoms. The molecule has 0 aliphatic heterocycles. The zero-order valence-electron chi connectivity index (χ0n) is 12.2. The Balaban J connectivity index is 2.48. The van der Waals surface area contributed by atoms with Crippen LogP contribution in [0.1, 0.15) is 26.7 Å². The van der Waals surface area contributed by atoms with Crippen molar-refractivity contribution in [1.29, 1.82) is 0 Å². The normalized spacial score (nSPS) is 11.6. The van der Waals surface area contributed by atoms with Gasteiger partial charge in [0.1, 0.15) is 11.6 Å². The van der Waals surface area contributed by atoms with Crippen molar-refractivity contribution in [3.05, 3.63) is 30.5 Å². The number of methoxy groups -OCH3 is 1. The zero-order chi connectivity index (χ0) is 14.6. The molecule has 4 heteroatoms. The largest absolute Gasteiger partial charge is 0.497 e. The van der Waals surface area contributed by atoms with E-state index in [1.54, 1.807) is 7.11 Å². The van der Waals surface area contributed by atoms with Crippen molar-refractivity contribution in [2.75, 3.05) is 18.3 Å². The number of fused-ring (bicyclic) bond motifs is 1. The minimum atomic E-state index is -0.119. The molecular formula is C16H21ClN2O. The Morgan fingerprint density at radius 2 is 2.00 bits per heavy atom. The average molecular weight is 293 g/mol. The van der Waals surface area contributed by atoms with E-state index in [2.05, 4.69) is 24.1 Å². The molecule has 0 saturated heterocycles. The highest BCUT2D eigenvalue weighted by Crippen LogP contribution is 2.30. The van der Waals surface area contributed by atoms with E-state index in [1.165, 1.54) is 0 Å². The van der Waals surface area contributed by atoms with Crippen molar-refractivity contribution in [2.45, 2.75) is 32.2 Å². The predicted octanol–water partition coefficient (Wildman–Crippen LogP) is 4.45. The number of alkyl halides is 1. The zero-order valence-corrected chi connectivity index (χ0v) is 13.0. The smallest absolute Gasteiger partial charge is 0.134 e. The predicted molar refractivity (Wildman–Crippen MR) is 86.0 cm³/mol. The molecule has 1 aromatic heterocycles. The Kier molecular flexibility index (Phi) is 4.71. The van der Waals surface area contributed by atoms with E-state index < -0.39 is 0 Å². The van der Waals surface area contributed by atoms with Crippen molar-refractivity contribution in [3.63, 3.8) is 0 Å². The topological polar surface area (TPSA) is 34.2 Å². The summed E-state index contributed by atoms with van der Waals surface area (Å²) >= 11 is 6.17. The molecule has 0 saturated carbocycles. The molecule has 2 rings (SSSR count). The first-order valence-electron chi connectivity index (χ1n) is 6.95. The number of hydrogen-bond acceptors (Lipinski definition) is 3. The summed E-state index contributed by atoms with van der Waals surface area (Å²) in [6.45, 7) is 4.29. The van der Waals surface area contributed by atoms with Gasteiger partial charge in [0.15, 0.2) is 0 Å². The van der Waals surface area contributed by atoms with Crippen LogP contribution in [0.3, 0.4) is 0 Å². The molecule has 0 atom stereocenters. The summed E-state index contributed by atoms with van der Waals surface area (Å²) in [7, 11) is 1.67. The quantitative estimate of drug-likeness (QED) is 0.799. The maximum Gasteiger partial charge on any atom is 0.134 e. The summed E-state index contributed by atoms with van der Waals surface area (Å²) in [5, 5.41) is 5.73. The van der Waals surface area contributed by atoms with Gasteiger partial charge in [-0.2, -0.15) is 0 Å². The molecule has 1 N–H and O–H groups in total. The van der Waals surface area contributed by atoms with Gasteiger partial charge in [0.25, 0.3) is 0 Å². The Morgan fingerprint density at radius 3 is 2.60 bits per heavy atom. The second-order valence-electron chi connectivity index (χ2n) is 4.99. The molecule has 1 aromatic carbocycles. The van der Waals surface area contributed by atoms with Gasteiger partial charge in [-0.3, -0.25) is 0 Å². The number of ether oxygens (including phenoxy) is 1.